The van der Waals surface area contributed by atoms with Crippen molar-refractivity contribution in [2.24, 2.45) is 0 Å². The Kier molecular flexibility index (Phi) is 7.10. The van der Waals surface area contributed by atoms with Gasteiger partial charge in [-0.25, -0.2) is 15.0 Å². The number of anilines is 1. The average molecular weight is 483 g/mol. The minimum atomic E-state index is -1.98. The molecule has 0 bridgehead atoms. The number of nitrogens with zero attached hydrogens (tertiary/aromatic N) is 5. The molecule has 1 saturated heterocycles. The fraction of sp³-hybridized carbons (Fsp3) is 0.700. The molecule has 2 aromatic rings. The number of aromatic nitrogens is 4. The zero-order valence-electron chi connectivity index (χ0n) is 20.0. The number of nitrogen functional groups attached to an aromatic ring is 1. The number of likely N-dealkylation sites (N-methyl/N-ethyl adjacent to an activating group) is 1. The van der Waals surface area contributed by atoms with Gasteiger partial charge in [-0.15, -0.1) is 0 Å². The molecule has 4 atom stereocenters. The van der Waals surface area contributed by atoms with Crippen LogP contribution in [0.25, 0.3) is 11.2 Å². The average Bonchev–Trinajstić information content (AvgIpc) is 3.27. The van der Waals surface area contributed by atoms with Gasteiger partial charge in [-0.05, 0) is 32.2 Å². The maximum Gasteiger partial charge on any atom is 0.352 e. The molecule has 3 rings (SSSR count). The number of nitrogens with two attached hydrogens (primary N) is 1. The number of fused-ring (bicyclic) bond motifs is 1. The third-order valence-corrected chi connectivity index (χ3v) is 11.1. The van der Waals surface area contributed by atoms with E-state index in [1.807, 2.05) is 14.1 Å². The molecule has 0 saturated carbocycles. The zero-order valence-corrected chi connectivity index (χ0v) is 21.8. The van der Waals surface area contributed by atoms with E-state index < -0.39 is 20.6 Å². The highest BCUT2D eigenvalue weighted by atomic mass is 32.1. The molecule has 32 heavy (non-hydrogen) atoms. The summed E-state index contributed by atoms with van der Waals surface area (Å²) in [5, 5.41) is 0.126. The van der Waals surface area contributed by atoms with Gasteiger partial charge < -0.3 is 29.3 Å². The van der Waals surface area contributed by atoms with Crippen LogP contribution in [-0.4, -0.2) is 84.0 Å². The van der Waals surface area contributed by atoms with E-state index in [4.69, 9.17) is 36.6 Å². The van der Waals surface area contributed by atoms with E-state index in [1.54, 1.807) is 10.9 Å². The molecule has 10 nitrogen and oxygen atoms in total. The zero-order chi connectivity index (χ0) is 23.8. The molecular weight excluding hydrogens is 448 g/mol. The lowest BCUT2D eigenvalue weighted by molar-refractivity contribution is -0.0484. The second kappa shape index (κ2) is 9.18. The SMILES string of the molecule is COC(=S)O[C@H]1[C@H](N(C)C)[C@@H](CO[Si](C)(C)C(C)(C)C)O[C@H]1n1cnc2c(N)ncnc21. The van der Waals surface area contributed by atoms with Gasteiger partial charge in [0.15, 0.2) is 32.1 Å². The lowest BCUT2D eigenvalue weighted by Gasteiger charge is -2.38. The van der Waals surface area contributed by atoms with Crippen LogP contribution in [0.5, 0.6) is 0 Å². The molecule has 0 aromatic carbocycles. The van der Waals surface area contributed by atoms with Crippen LogP contribution in [0.4, 0.5) is 5.82 Å². The summed E-state index contributed by atoms with van der Waals surface area (Å²) in [6.07, 6.45) is 1.71. The summed E-state index contributed by atoms with van der Waals surface area (Å²) in [5.41, 5.74) is 7.05. The van der Waals surface area contributed by atoms with Crippen molar-refractivity contribution in [2.75, 3.05) is 33.5 Å². The first-order valence-corrected chi connectivity index (χ1v) is 13.8. The van der Waals surface area contributed by atoms with E-state index in [-0.39, 0.29) is 22.4 Å². The van der Waals surface area contributed by atoms with Crippen LogP contribution in [0.15, 0.2) is 12.7 Å². The van der Waals surface area contributed by atoms with Crippen molar-refractivity contribution < 1.29 is 18.6 Å². The highest BCUT2D eigenvalue weighted by Crippen LogP contribution is 2.40. The molecule has 0 amide bonds. The van der Waals surface area contributed by atoms with E-state index in [0.29, 0.717) is 23.6 Å². The summed E-state index contributed by atoms with van der Waals surface area (Å²) in [6.45, 7) is 11.5. The lowest BCUT2D eigenvalue weighted by Crippen LogP contribution is -2.49. The summed E-state index contributed by atoms with van der Waals surface area (Å²) < 4.78 is 26.0. The van der Waals surface area contributed by atoms with Crippen molar-refractivity contribution in [3.8, 4) is 0 Å². The van der Waals surface area contributed by atoms with Gasteiger partial charge in [-0.1, -0.05) is 20.8 Å². The Labute approximate surface area is 195 Å². The second-order valence-corrected chi connectivity index (χ2v) is 14.9. The van der Waals surface area contributed by atoms with E-state index in [1.165, 1.54) is 13.4 Å². The van der Waals surface area contributed by atoms with Crippen LogP contribution in [0, 0.1) is 0 Å². The molecule has 0 radical (unpaired) electrons. The Morgan fingerprint density at radius 2 is 1.97 bits per heavy atom. The van der Waals surface area contributed by atoms with Gasteiger partial charge in [0.1, 0.15) is 17.9 Å². The summed E-state index contributed by atoms with van der Waals surface area (Å²) in [6, 6.07) is -0.158. The maximum absolute atomic E-state index is 6.53. The first-order valence-electron chi connectivity index (χ1n) is 10.5. The number of hydrogen-bond acceptors (Lipinski definition) is 10. The Hall–Kier alpha value is -1.86. The van der Waals surface area contributed by atoms with Crippen molar-refractivity contribution in [3.63, 3.8) is 0 Å². The van der Waals surface area contributed by atoms with Crippen LogP contribution in [0.1, 0.15) is 27.0 Å². The van der Waals surface area contributed by atoms with Crippen LogP contribution in [0.2, 0.25) is 18.1 Å². The van der Waals surface area contributed by atoms with Crippen LogP contribution >= 0.6 is 12.2 Å². The normalized spacial score (nSPS) is 24.3. The van der Waals surface area contributed by atoms with Crippen LogP contribution in [0.3, 0.4) is 0 Å². The Bertz CT molecular complexity index is 963. The van der Waals surface area contributed by atoms with Crippen molar-refractivity contribution in [3.05, 3.63) is 12.7 Å². The third kappa shape index (κ3) is 4.74. The third-order valence-electron chi connectivity index (χ3n) is 6.38. The quantitative estimate of drug-likeness (QED) is 0.487. The van der Waals surface area contributed by atoms with E-state index in [2.05, 4.69) is 53.7 Å². The molecule has 1 aliphatic rings. The van der Waals surface area contributed by atoms with Gasteiger partial charge in [0.25, 0.3) is 0 Å². The molecule has 0 aliphatic carbocycles. The van der Waals surface area contributed by atoms with Crippen LogP contribution < -0.4 is 5.73 Å². The van der Waals surface area contributed by atoms with Crippen molar-refractivity contribution >= 4 is 42.8 Å². The minimum Gasteiger partial charge on any atom is -0.460 e. The topological polar surface area (TPSA) is 110 Å². The maximum atomic E-state index is 6.53. The number of rotatable bonds is 6. The fourth-order valence-electron chi connectivity index (χ4n) is 3.56. The number of hydrogen-bond donors (Lipinski definition) is 1. The molecule has 2 aromatic heterocycles. The highest BCUT2D eigenvalue weighted by molar-refractivity contribution is 7.79. The lowest BCUT2D eigenvalue weighted by atomic mass is 10.1. The van der Waals surface area contributed by atoms with Crippen molar-refractivity contribution in [1.29, 1.82) is 0 Å². The van der Waals surface area contributed by atoms with Gasteiger partial charge in [0.05, 0.1) is 26.1 Å². The summed E-state index contributed by atoms with van der Waals surface area (Å²) in [4.78, 5) is 14.8. The molecule has 3 heterocycles. The fourth-order valence-corrected chi connectivity index (χ4v) is 4.68. The molecule has 0 unspecified atom stereocenters. The molecule has 0 spiro atoms. The summed E-state index contributed by atoms with van der Waals surface area (Å²) >= 11 is 5.23. The van der Waals surface area contributed by atoms with Gasteiger partial charge in [0, 0.05) is 12.2 Å². The van der Waals surface area contributed by atoms with Crippen molar-refractivity contribution in [1.82, 2.24) is 24.4 Å². The second-order valence-electron chi connectivity index (χ2n) is 9.71. The molecule has 1 fully saturated rings. The molecule has 12 heteroatoms. The summed E-state index contributed by atoms with van der Waals surface area (Å²) in [5.74, 6) is 0.304. The van der Waals surface area contributed by atoms with Gasteiger partial charge in [0.2, 0.25) is 0 Å². The largest absolute Gasteiger partial charge is 0.460 e. The van der Waals surface area contributed by atoms with E-state index in [0.717, 1.165) is 0 Å². The van der Waals surface area contributed by atoms with Crippen molar-refractivity contribution in [2.45, 2.75) is 63.4 Å². The number of thiocarbonyl (C=S) groups is 1. The highest BCUT2D eigenvalue weighted by Gasteiger charge is 2.50. The summed E-state index contributed by atoms with van der Waals surface area (Å²) in [7, 11) is 3.46. The standard InChI is InChI=1S/C20H34N6O4SSi/c1-20(2,3)32(7,8)28-9-12-14(25(4)5)15(30-19(31)27-6)18(29-12)26-11-24-13-16(21)22-10-23-17(13)26/h10-12,14-15,18H,9H2,1-8H3,(H2,21,22,23)/t12-,14-,15+,18-/m1/s1. The Morgan fingerprint density at radius 1 is 1.28 bits per heavy atom. The van der Waals surface area contributed by atoms with E-state index in [9.17, 15) is 0 Å². The predicted octanol–water partition coefficient (Wildman–Crippen LogP) is 2.57. The number of imidazole rings is 1. The first kappa shape index (κ1) is 24.8. The molecule has 1 aliphatic heterocycles. The van der Waals surface area contributed by atoms with Crippen LogP contribution in [-0.2, 0) is 18.6 Å². The Morgan fingerprint density at radius 3 is 2.56 bits per heavy atom. The minimum absolute atomic E-state index is 0.0416. The molecule has 2 N–H and O–H groups in total. The number of ether oxygens (including phenoxy) is 3. The van der Waals surface area contributed by atoms with Gasteiger partial charge in [-0.3, -0.25) is 4.57 Å². The van der Waals surface area contributed by atoms with E-state index >= 15 is 0 Å². The predicted molar refractivity (Wildman–Crippen MR) is 129 cm³/mol. The monoisotopic (exact) mass is 482 g/mol. The molecule has 178 valence electrons. The Balaban J connectivity index is 1.97. The number of methoxy groups -OCH3 is 1. The molecular formula is C20H34N6O4SSi. The van der Waals surface area contributed by atoms with Gasteiger partial charge >= 0.3 is 5.24 Å². The first-order chi connectivity index (χ1) is 14.9. The van der Waals surface area contributed by atoms with Gasteiger partial charge in [-0.2, -0.15) is 0 Å². The smallest absolute Gasteiger partial charge is 0.352 e.